The van der Waals surface area contributed by atoms with E-state index in [1.54, 1.807) is 0 Å². The van der Waals surface area contributed by atoms with E-state index in [1.807, 2.05) is 0 Å². The Balaban J connectivity index is 1.15. The maximum absolute atomic E-state index is 5.91. The lowest BCUT2D eigenvalue weighted by Crippen LogP contribution is -2.10. The summed E-state index contributed by atoms with van der Waals surface area (Å²) in [6, 6.07) is 17.5. The molecule has 0 bridgehead atoms. The molecule has 1 aliphatic rings. The quantitative estimate of drug-likeness (QED) is 0.165. The van der Waals surface area contributed by atoms with Crippen LogP contribution in [0.4, 0.5) is 0 Å². The minimum absolute atomic E-state index is 0.610. The minimum Gasteiger partial charge on any atom is -0.494 e. The fourth-order valence-corrected chi connectivity index (χ4v) is 5.18. The Morgan fingerprint density at radius 2 is 1.41 bits per heavy atom. The van der Waals surface area contributed by atoms with E-state index in [-0.39, 0.29) is 0 Å². The van der Waals surface area contributed by atoms with Crippen molar-refractivity contribution in [2.45, 2.75) is 96.3 Å². The highest BCUT2D eigenvalue weighted by molar-refractivity contribution is 5.64. The first kappa shape index (κ1) is 27.2. The molecular formula is C34H44N2O. The number of rotatable bonds is 14. The van der Waals surface area contributed by atoms with Gasteiger partial charge < -0.3 is 4.74 Å². The summed E-state index contributed by atoms with van der Waals surface area (Å²) in [4.78, 5) is 9.32. The number of nitrogens with zero attached hydrogens (tertiary/aromatic N) is 2. The lowest BCUT2D eigenvalue weighted by atomic mass is 9.80. The standard InChI is InChI=1S/C34H44N2O/c1-3-4-5-6-9-24-37-33-22-20-30(21-23-33)29-18-14-28(15-19-29)10-7-8-11-34-35-25-32(26-36-34)31-16-12-27(2)13-17-31/h14-15,18-23,25-26,31H,2-13,16-17,24H2,1H3. The van der Waals surface area contributed by atoms with Crippen molar-refractivity contribution in [3.8, 4) is 16.9 Å². The zero-order valence-corrected chi connectivity index (χ0v) is 22.8. The first-order valence-corrected chi connectivity index (χ1v) is 14.5. The van der Waals surface area contributed by atoms with Gasteiger partial charge in [0.15, 0.2) is 0 Å². The number of ether oxygens (including phenoxy) is 1. The highest BCUT2D eigenvalue weighted by Crippen LogP contribution is 2.35. The van der Waals surface area contributed by atoms with E-state index in [0.717, 1.165) is 63.1 Å². The fraction of sp³-hybridized carbons (Fsp3) is 0.471. The summed E-state index contributed by atoms with van der Waals surface area (Å²) in [5, 5.41) is 0. The van der Waals surface area contributed by atoms with Gasteiger partial charge in [0.2, 0.25) is 0 Å². The van der Waals surface area contributed by atoms with Crippen LogP contribution in [0.3, 0.4) is 0 Å². The molecule has 3 heteroatoms. The first-order chi connectivity index (χ1) is 18.2. The van der Waals surface area contributed by atoms with Crippen LogP contribution in [0.25, 0.3) is 11.1 Å². The summed E-state index contributed by atoms with van der Waals surface area (Å²) < 4.78 is 5.91. The molecule has 1 fully saturated rings. The molecule has 1 aliphatic carbocycles. The Labute approximate surface area is 225 Å². The summed E-state index contributed by atoms with van der Waals surface area (Å²) in [5.41, 5.74) is 5.18. The van der Waals surface area contributed by atoms with Crippen LogP contribution < -0.4 is 4.74 Å². The van der Waals surface area contributed by atoms with Gasteiger partial charge in [-0.1, -0.05) is 74.9 Å². The Morgan fingerprint density at radius 1 is 0.784 bits per heavy atom. The number of unbranched alkanes of at least 4 members (excludes halogenated alkanes) is 5. The zero-order valence-electron chi connectivity index (χ0n) is 22.8. The van der Waals surface area contributed by atoms with Gasteiger partial charge in [0, 0.05) is 18.8 Å². The molecule has 0 radical (unpaired) electrons. The van der Waals surface area contributed by atoms with Crippen molar-refractivity contribution in [1.82, 2.24) is 9.97 Å². The molecule has 0 aliphatic heterocycles. The van der Waals surface area contributed by atoms with Gasteiger partial charge in [-0.2, -0.15) is 0 Å². The van der Waals surface area contributed by atoms with E-state index < -0.39 is 0 Å². The molecule has 4 rings (SSSR count). The average molecular weight is 497 g/mol. The predicted octanol–water partition coefficient (Wildman–Crippen LogP) is 9.12. The van der Waals surface area contributed by atoms with Crippen LogP contribution in [-0.4, -0.2) is 16.6 Å². The maximum atomic E-state index is 5.91. The molecule has 1 saturated carbocycles. The van der Waals surface area contributed by atoms with Gasteiger partial charge >= 0.3 is 0 Å². The third kappa shape index (κ3) is 8.91. The van der Waals surface area contributed by atoms with Crippen LogP contribution in [0.1, 0.15) is 100 Å². The number of hydrogen-bond acceptors (Lipinski definition) is 3. The SMILES string of the molecule is [CH2-][C+]1CCC(c2cnc(CCCCc3ccc(-c4ccc(OCCCCCCC)cc4)cc3)nc2)CC1. The van der Waals surface area contributed by atoms with Crippen molar-refractivity contribution in [3.05, 3.63) is 90.7 Å². The lowest BCUT2D eigenvalue weighted by Gasteiger charge is -2.23. The Morgan fingerprint density at radius 3 is 2.08 bits per heavy atom. The number of hydrogen-bond donors (Lipinski definition) is 0. The third-order valence-electron chi connectivity index (χ3n) is 7.66. The zero-order chi connectivity index (χ0) is 25.7. The molecule has 3 nitrogen and oxygen atoms in total. The smallest absolute Gasteiger partial charge is 0.128 e. The Bertz CT molecular complexity index is 1020. The number of benzene rings is 2. The number of aryl methyl sites for hydroxylation is 2. The summed E-state index contributed by atoms with van der Waals surface area (Å²) in [7, 11) is 0. The normalized spacial score (nSPS) is 14.2. The van der Waals surface area contributed by atoms with Crippen LogP contribution in [0.5, 0.6) is 5.75 Å². The van der Waals surface area contributed by atoms with Gasteiger partial charge in [0.25, 0.3) is 0 Å². The van der Waals surface area contributed by atoms with Crippen LogP contribution >= 0.6 is 0 Å². The van der Waals surface area contributed by atoms with Crippen molar-refractivity contribution in [1.29, 1.82) is 0 Å². The van der Waals surface area contributed by atoms with Crippen LogP contribution in [-0.2, 0) is 12.8 Å². The topological polar surface area (TPSA) is 35.0 Å². The Kier molecular flexibility index (Phi) is 10.9. The van der Waals surface area contributed by atoms with Crippen molar-refractivity contribution in [3.63, 3.8) is 0 Å². The number of aromatic nitrogens is 2. The van der Waals surface area contributed by atoms with E-state index in [4.69, 9.17) is 4.74 Å². The average Bonchev–Trinajstić information content (AvgIpc) is 2.94. The van der Waals surface area contributed by atoms with E-state index in [1.165, 1.54) is 66.7 Å². The highest BCUT2D eigenvalue weighted by Gasteiger charge is 2.23. The van der Waals surface area contributed by atoms with Gasteiger partial charge in [-0.3, -0.25) is 0 Å². The van der Waals surface area contributed by atoms with Crippen LogP contribution in [0.2, 0.25) is 0 Å². The van der Waals surface area contributed by atoms with Crippen LogP contribution in [0, 0.1) is 12.8 Å². The summed E-state index contributed by atoms with van der Waals surface area (Å²) in [5.74, 6) is 3.95. The summed E-state index contributed by atoms with van der Waals surface area (Å²) >= 11 is 0. The molecule has 0 unspecified atom stereocenters. The molecule has 0 saturated heterocycles. The van der Waals surface area contributed by atoms with Gasteiger partial charge in [0.1, 0.15) is 11.6 Å². The monoisotopic (exact) mass is 496 g/mol. The molecule has 2 aromatic carbocycles. The van der Waals surface area contributed by atoms with Crippen LogP contribution in [0.15, 0.2) is 60.9 Å². The fourth-order valence-electron chi connectivity index (χ4n) is 5.18. The van der Waals surface area contributed by atoms with Crippen molar-refractivity contribution in [2.75, 3.05) is 6.61 Å². The van der Waals surface area contributed by atoms with Crippen molar-refractivity contribution >= 4 is 0 Å². The molecule has 0 spiro atoms. The van der Waals surface area contributed by atoms with Crippen molar-refractivity contribution in [2.24, 2.45) is 0 Å². The molecule has 0 N–H and O–H groups in total. The van der Waals surface area contributed by atoms with Gasteiger partial charge in [-0.15, -0.1) is 6.92 Å². The van der Waals surface area contributed by atoms with Gasteiger partial charge in [-0.05, 0) is 78.8 Å². The molecule has 0 atom stereocenters. The highest BCUT2D eigenvalue weighted by atomic mass is 16.5. The second-order valence-corrected chi connectivity index (χ2v) is 10.6. The molecular weight excluding hydrogens is 452 g/mol. The van der Waals surface area contributed by atoms with Gasteiger partial charge in [-0.25, -0.2) is 9.97 Å². The summed E-state index contributed by atoms with van der Waals surface area (Å²) in [6.07, 6.45) is 19.4. The predicted molar refractivity (Wildman–Crippen MR) is 155 cm³/mol. The molecule has 1 aromatic heterocycles. The van der Waals surface area contributed by atoms with Gasteiger partial charge in [0.05, 0.1) is 19.4 Å². The van der Waals surface area contributed by atoms with E-state index in [2.05, 4.69) is 84.7 Å². The van der Waals surface area contributed by atoms with Crippen molar-refractivity contribution < 1.29 is 4.74 Å². The molecule has 196 valence electrons. The third-order valence-corrected chi connectivity index (χ3v) is 7.66. The largest absolute Gasteiger partial charge is 0.494 e. The summed E-state index contributed by atoms with van der Waals surface area (Å²) in [6.45, 7) is 7.18. The second-order valence-electron chi connectivity index (χ2n) is 10.6. The molecule has 3 aromatic rings. The molecule has 0 amide bonds. The molecule has 1 heterocycles. The lowest BCUT2D eigenvalue weighted by molar-refractivity contribution is 0.304. The second kappa shape index (κ2) is 14.8. The minimum atomic E-state index is 0.610. The first-order valence-electron chi connectivity index (χ1n) is 14.5. The Hall–Kier alpha value is -2.81. The van der Waals surface area contributed by atoms with E-state index in [9.17, 15) is 0 Å². The van der Waals surface area contributed by atoms with E-state index in [0.29, 0.717) is 5.92 Å². The molecule has 37 heavy (non-hydrogen) atoms. The maximum Gasteiger partial charge on any atom is 0.128 e. The van der Waals surface area contributed by atoms with E-state index >= 15 is 0 Å².